The number of likely N-dealkylation sites (N-methyl/N-ethyl adjacent to an activating group) is 1. The minimum Gasteiger partial charge on any atom is -0.352 e. The molecule has 1 aromatic heterocycles. The third-order valence-electron chi connectivity index (χ3n) is 4.42. The SMILES string of the molecule is CCc1nc2c(s1)Nc1cc(F)ccc1N=C2N1CCN(C)CC1. The first kappa shape index (κ1) is 15.5. The average Bonchev–Trinajstić information content (AvgIpc) is 2.92. The van der Waals surface area contributed by atoms with Crippen LogP contribution in [0, 0.1) is 5.82 Å². The first-order chi connectivity index (χ1) is 11.6. The Labute approximate surface area is 144 Å². The summed E-state index contributed by atoms with van der Waals surface area (Å²) >= 11 is 1.62. The highest BCUT2D eigenvalue weighted by molar-refractivity contribution is 7.16. The van der Waals surface area contributed by atoms with Crippen molar-refractivity contribution in [3.63, 3.8) is 0 Å². The summed E-state index contributed by atoms with van der Waals surface area (Å²) in [6.45, 7) is 5.94. The van der Waals surface area contributed by atoms with Gasteiger partial charge in [-0.2, -0.15) is 0 Å². The molecule has 0 unspecified atom stereocenters. The smallest absolute Gasteiger partial charge is 0.158 e. The molecule has 1 aromatic carbocycles. The largest absolute Gasteiger partial charge is 0.352 e. The zero-order valence-electron chi connectivity index (χ0n) is 13.8. The van der Waals surface area contributed by atoms with Crippen molar-refractivity contribution in [3.8, 4) is 0 Å². The van der Waals surface area contributed by atoms with E-state index in [1.54, 1.807) is 17.4 Å². The number of piperazine rings is 1. The van der Waals surface area contributed by atoms with E-state index in [9.17, 15) is 4.39 Å². The maximum Gasteiger partial charge on any atom is 0.158 e. The van der Waals surface area contributed by atoms with Crippen molar-refractivity contribution in [2.75, 3.05) is 38.5 Å². The average molecular weight is 345 g/mol. The maximum atomic E-state index is 13.7. The monoisotopic (exact) mass is 345 g/mol. The van der Waals surface area contributed by atoms with E-state index in [2.05, 4.69) is 29.1 Å². The van der Waals surface area contributed by atoms with E-state index in [4.69, 9.17) is 9.98 Å². The van der Waals surface area contributed by atoms with E-state index in [0.29, 0.717) is 5.69 Å². The van der Waals surface area contributed by atoms with E-state index in [0.717, 1.165) is 59.8 Å². The second-order valence-corrected chi connectivity index (χ2v) is 7.23. The lowest BCUT2D eigenvalue weighted by Crippen LogP contribution is -2.47. The molecule has 0 spiro atoms. The van der Waals surface area contributed by atoms with Gasteiger partial charge in [0.15, 0.2) is 5.84 Å². The summed E-state index contributed by atoms with van der Waals surface area (Å²) in [5, 5.41) is 5.36. The first-order valence-electron chi connectivity index (χ1n) is 8.23. The molecule has 7 heteroatoms. The number of hydrogen-bond donors (Lipinski definition) is 1. The molecule has 2 aliphatic rings. The topological polar surface area (TPSA) is 43.8 Å². The molecule has 1 fully saturated rings. The number of nitrogens with one attached hydrogen (secondary N) is 1. The summed E-state index contributed by atoms with van der Waals surface area (Å²) in [6.07, 6.45) is 0.880. The van der Waals surface area contributed by atoms with Gasteiger partial charge in [0.2, 0.25) is 0 Å². The van der Waals surface area contributed by atoms with Crippen molar-refractivity contribution < 1.29 is 4.39 Å². The number of aliphatic imine (C=N–C) groups is 1. The Morgan fingerprint density at radius 1 is 1.25 bits per heavy atom. The summed E-state index contributed by atoms with van der Waals surface area (Å²) in [5.74, 6) is 0.633. The summed E-state index contributed by atoms with van der Waals surface area (Å²) in [4.78, 5) is 14.2. The molecule has 1 N–H and O–H groups in total. The Bertz CT molecular complexity index is 792. The molecule has 3 heterocycles. The van der Waals surface area contributed by atoms with Crippen molar-refractivity contribution >= 4 is 33.5 Å². The molecule has 24 heavy (non-hydrogen) atoms. The van der Waals surface area contributed by atoms with Crippen LogP contribution in [0.2, 0.25) is 0 Å². The number of amidine groups is 1. The normalized spacial score (nSPS) is 17.6. The number of anilines is 2. The molecule has 2 aliphatic heterocycles. The first-order valence-corrected chi connectivity index (χ1v) is 9.04. The van der Waals surface area contributed by atoms with E-state index in [1.807, 2.05) is 0 Å². The van der Waals surface area contributed by atoms with E-state index < -0.39 is 0 Å². The van der Waals surface area contributed by atoms with Crippen LogP contribution in [-0.2, 0) is 6.42 Å². The minimum absolute atomic E-state index is 0.263. The lowest BCUT2D eigenvalue weighted by Gasteiger charge is -2.34. The number of aryl methyl sites for hydroxylation is 1. The Kier molecular flexibility index (Phi) is 3.97. The highest BCUT2D eigenvalue weighted by atomic mass is 32.1. The predicted molar refractivity (Wildman–Crippen MR) is 96.4 cm³/mol. The second-order valence-electron chi connectivity index (χ2n) is 6.15. The standard InChI is InChI=1S/C17H20FN5S/c1-3-14-21-15-16(23-8-6-22(2)7-9-23)19-12-5-4-11(18)10-13(12)20-17(15)24-14/h4-5,10,20H,3,6-9H2,1-2H3. The van der Waals surface area contributed by atoms with Crippen LogP contribution in [0.25, 0.3) is 0 Å². The Morgan fingerprint density at radius 2 is 2.04 bits per heavy atom. The molecule has 2 aromatic rings. The van der Waals surface area contributed by atoms with Crippen LogP contribution in [-0.4, -0.2) is 53.8 Å². The third kappa shape index (κ3) is 2.78. The Morgan fingerprint density at radius 3 is 2.79 bits per heavy atom. The lowest BCUT2D eigenvalue weighted by atomic mass is 10.2. The molecule has 0 aliphatic carbocycles. The van der Waals surface area contributed by atoms with Gasteiger partial charge in [-0.3, -0.25) is 0 Å². The molecule has 0 radical (unpaired) electrons. The zero-order valence-corrected chi connectivity index (χ0v) is 14.7. The fraction of sp³-hybridized carbons (Fsp3) is 0.412. The van der Waals surface area contributed by atoms with Crippen LogP contribution >= 0.6 is 11.3 Å². The quantitative estimate of drug-likeness (QED) is 0.862. The summed E-state index contributed by atoms with van der Waals surface area (Å²) in [7, 11) is 2.13. The van der Waals surface area contributed by atoms with Crippen molar-refractivity contribution in [3.05, 3.63) is 34.7 Å². The van der Waals surface area contributed by atoms with Crippen LogP contribution in [0.3, 0.4) is 0 Å². The van der Waals surface area contributed by atoms with Gasteiger partial charge in [-0.25, -0.2) is 14.4 Å². The predicted octanol–water partition coefficient (Wildman–Crippen LogP) is 3.23. The van der Waals surface area contributed by atoms with Gasteiger partial charge in [0.25, 0.3) is 0 Å². The highest BCUT2D eigenvalue weighted by Gasteiger charge is 2.27. The number of nitrogens with zero attached hydrogens (tertiary/aromatic N) is 4. The van der Waals surface area contributed by atoms with Crippen LogP contribution < -0.4 is 5.32 Å². The molecule has 0 amide bonds. The van der Waals surface area contributed by atoms with Gasteiger partial charge in [-0.15, -0.1) is 11.3 Å². The molecule has 0 atom stereocenters. The summed E-state index contributed by atoms with van der Waals surface area (Å²) in [5.41, 5.74) is 2.35. The van der Waals surface area contributed by atoms with Crippen LogP contribution in [0.4, 0.5) is 20.8 Å². The number of benzene rings is 1. The molecule has 0 saturated carbocycles. The van der Waals surface area contributed by atoms with Crippen molar-refractivity contribution in [2.24, 2.45) is 4.99 Å². The van der Waals surface area contributed by atoms with Crippen LogP contribution in [0.5, 0.6) is 0 Å². The molecular weight excluding hydrogens is 325 g/mol. The number of fused-ring (bicyclic) bond motifs is 2. The van der Waals surface area contributed by atoms with Crippen LogP contribution in [0.15, 0.2) is 23.2 Å². The number of aromatic nitrogens is 1. The number of rotatable bonds is 1. The molecule has 1 saturated heterocycles. The van der Waals surface area contributed by atoms with Gasteiger partial charge in [-0.1, -0.05) is 6.92 Å². The number of halogens is 1. The number of hydrogen-bond acceptors (Lipinski definition) is 6. The van der Waals surface area contributed by atoms with Gasteiger partial charge >= 0.3 is 0 Å². The fourth-order valence-electron chi connectivity index (χ4n) is 2.99. The van der Waals surface area contributed by atoms with Gasteiger partial charge < -0.3 is 15.1 Å². The van der Waals surface area contributed by atoms with Crippen molar-refractivity contribution in [1.82, 2.24) is 14.8 Å². The molecule has 5 nitrogen and oxygen atoms in total. The van der Waals surface area contributed by atoms with E-state index >= 15 is 0 Å². The minimum atomic E-state index is -0.263. The second kappa shape index (κ2) is 6.14. The van der Waals surface area contributed by atoms with Crippen LogP contribution in [0.1, 0.15) is 17.6 Å². The van der Waals surface area contributed by atoms with Gasteiger partial charge in [0.1, 0.15) is 16.5 Å². The fourth-order valence-corrected chi connectivity index (χ4v) is 3.90. The van der Waals surface area contributed by atoms with E-state index in [-0.39, 0.29) is 5.82 Å². The maximum absolute atomic E-state index is 13.7. The lowest BCUT2D eigenvalue weighted by molar-refractivity contribution is 0.215. The van der Waals surface area contributed by atoms with Gasteiger partial charge in [-0.05, 0) is 31.7 Å². The highest BCUT2D eigenvalue weighted by Crippen LogP contribution is 2.38. The van der Waals surface area contributed by atoms with E-state index in [1.165, 1.54) is 12.1 Å². The van der Waals surface area contributed by atoms with Gasteiger partial charge in [0.05, 0.1) is 16.4 Å². The third-order valence-corrected chi connectivity index (χ3v) is 5.54. The Hall–Kier alpha value is -1.99. The Balaban J connectivity index is 1.81. The number of thiazole rings is 1. The molecule has 0 bridgehead atoms. The van der Waals surface area contributed by atoms with Crippen molar-refractivity contribution in [1.29, 1.82) is 0 Å². The summed E-state index contributed by atoms with van der Waals surface area (Å²) < 4.78 is 13.7. The van der Waals surface area contributed by atoms with Gasteiger partial charge in [0, 0.05) is 26.2 Å². The van der Waals surface area contributed by atoms with Crippen molar-refractivity contribution in [2.45, 2.75) is 13.3 Å². The summed E-state index contributed by atoms with van der Waals surface area (Å²) in [6, 6.07) is 4.68. The molecule has 126 valence electrons. The molecular formula is C17H20FN5S. The molecule has 4 rings (SSSR count). The zero-order chi connectivity index (χ0) is 16.7.